The van der Waals surface area contributed by atoms with Crippen LogP contribution in [0.2, 0.25) is 0 Å². The van der Waals surface area contributed by atoms with Crippen molar-refractivity contribution < 1.29 is 27.5 Å². The Morgan fingerprint density at radius 1 is 0.756 bits per heavy atom. The lowest BCUT2D eigenvalue weighted by Crippen LogP contribution is -2.51. The lowest BCUT2D eigenvalue weighted by Gasteiger charge is -2.32. The van der Waals surface area contributed by atoms with Crippen LogP contribution in [0.4, 0.5) is 5.69 Å². The lowest BCUT2D eigenvalue weighted by atomic mass is 10.1. The van der Waals surface area contributed by atoms with Crippen molar-refractivity contribution >= 4 is 27.5 Å². The highest BCUT2D eigenvalue weighted by Crippen LogP contribution is 2.28. The zero-order valence-electron chi connectivity index (χ0n) is 25.9. The van der Waals surface area contributed by atoms with Crippen LogP contribution in [-0.4, -0.2) is 51.4 Å². The maximum absolute atomic E-state index is 14.1. The van der Waals surface area contributed by atoms with Gasteiger partial charge in [0.25, 0.3) is 10.0 Å². The second-order valence-electron chi connectivity index (χ2n) is 10.9. The van der Waals surface area contributed by atoms with Crippen LogP contribution in [0.5, 0.6) is 17.2 Å². The zero-order chi connectivity index (χ0) is 32.4. The van der Waals surface area contributed by atoms with E-state index in [0.29, 0.717) is 23.8 Å². The van der Waals surface area contributed by atoms with Crippen molar-refractivity contribution in [2.45, 2.75) is 38.3 Å². The molecule has 1 atom stereocenters. The number of methoxy groups -OCH3 is 1. The van der Waals surface area contributed by atoms with Gasteiger partial charge in [-0.1, -0.05) is 62.4 Å². The highest BCUT2D eigenvalue weighted by atomic mass is 32.2. The fourth-order valence-corrected chi connectivity index (χ4v) is 5.95. The fourth-order valence-electron chi connectivity index (χ4n) is 4.52. The van der Waals surface area contributed by atoms with Gasteiger partial charge in [0, 0.05) is 13.1 Å². The van der Waals surface area contributed by atoms with Crippen molar-refractivity contribution in [3.05, 3.63) is 115 Å². The average Bonchev–Trinajstić information content (AvgIpc) is 3.06. The molecule has 4 aromatic carbocycles. The molecule has 10 heteroatoms. The van der Waals surface area contributed by atoms with E-state index in [1.807, 2.05) is 56.3 Å². The molecule has 0 aromatic heterocycles. The van der Waals surface area contributed by atoms with Crippen molar-refractivity contribution in [3.8, 4) is 17.2 Å². The van der Waals surface area contributed by atoms with Gasteiger partial charge < -0.3 is 19.7 Å². The highest BCUT2D eigenvalue weighted by molar-refractivity contribution is 7.92. The SMILES string of the molecule is COc1ccc(CN(C(=O)CN(c2ccc(Oc3ccccc3)cc2)S(=O)(=O)c2ccccc2)[C@H](C)C(=O)NCC(C)C)cc1. The fraction of sp³-hybridized carbons (Fsp3) is 0.257. The number of hydrogen-bond acceptors (Lipinski definition) is 6. The molecule has 0 aliphatic carbocycles. The van der Waals surface area contributed by atoms with E-state index in [1.54, 1.807) is 68.6 Å². The zero-order valence-corrected chi connectivity index (χ0v) is 26.7. The van der Waals surface area contributed by atoms with Gasteiger partial charge in [-0.25, -0.2) is 8.42 Å². The minimum absolute atomic E-state index is 0.0341. The van der Waals surface area contributed by atoms with Gasteiger partial charge in [-0.3, -0.25) is 13.9 Å². The maximum Gasteiger partial charge on any atom is 0.264 e. The first-order valence-corrected chi connectivity index (χ1v) is 16.1. The number of nitrogens with zero attached hydrogens (tertiary/aromatic N) is 2. The number of nitrogens with one attached hydrogen (secondary N) is 1. The smallest absolute Gasteiger partial charge is 0.264 e. The molecular formula is C35H39N3O6S. The third-order valence-electron chi connectivity index (χ3n) is 7.08. The van der Waals surface area contributed by atoms with Crippen LogP contribution in [0.25, 0.3) is 0 Å². The number of benzene rings is 4. The van der Waals surface area contributed by atoms with Crippen LogP contribution >= 0.6 is 0 Å². The maximum atomic E-state index is 14.1. The minimum atomic E-state index is -4.18. The van der Waals surface area contributed by atoms with Crippen molar-refractivity contribution in [3.63, 3.8) is 0 Å². The number of hydrogen-bond donors (Lipinski definition) is 1. The summed E-state index contributed by atoms with van der Waals surface area (Å²) in [7, 11) is -2.61. The lowest BCUT2D eigenvalue weighted by molar-refractivity contribution is -0.139. The first-order valence-electron chi connectivity index (χ1n) is 14.7. The van der Waals surface area contributed by atoms with Crippen molar-refractivity contribution in [1.82, 2.24) is 10.2 Å². The summed E-state index contributed by atoms with van der Waals surface area (Å²) in [6.07, 6.45) is 0. The van der Waals surface area contributed by atoms with Crippen molar-refractivity contribution in [2.75, 3.05) is 24.5 Å². The van der Waals surface area contributed by atoms with Crippen LogP contribution in [0.1, 0.15) is 26.3 Å². The Balaban J connectivity index is 1.67. The number of para-hydroxylation sites is 1. The van der Waals surface area contributed by atoms with E-state index in [9.17, 15) is 18.0 Å². The van der Waals surface area contributed by atoms with Gasteiger partial charge >= 0.3 is 0 Å². The average molecular weight is 630 g/mol. The molecular weight excluding hydrogens is 590 g/mol. The number of ether oxygens (including phenoxy) is 2. The number of carbonyl (C=O) groups is 2. The molecule has 0 bridgehead atoms. The van der Waals surface area contributed by atoms with Gasteiger partial charge in [0.15, 0.2) is 0 Å². The van der Waals surface area contributed by atoms with E-state index in [1.165, 1.54) is 17.0 Å². The number of amides is 2. The van der Waals surface area contributed by atoms with Crippen LogP contribution in [0.15, 0.2) is 114 Å². The Hall–Kier alpha value is -4.83. The second kappa shape index (κ2) is 15.3. The molecule has 4 rings (SSSR count). The van der Waals surface area contributed by atoms with Crippen molar-refractivity contribution in [1.29, 1.82) is 0 Å². The molecule has 0 radical (unpaired) electrons. The third kappa shape index (κ3) is 8.86. The minimum Gasteiger partial charge on any atom is -0.497 e. The molecule has 0 aliphatic heterocycles. The van der Waals surface area contributed by atoms with Gasteiger partial charge in [-0.2, -0.15) is 0 Å². The Morgan fingerprint density at radius 2 is 1.31 bits per heavy atom. The van der Waals surface area contributed by atoms with Gasteiger partial charge in [0.2, 0.25) is 11.8 Å². The van der Waals surface area contributed by atoms with Crippen LogP contribution in [0, 0.1) is 5.92 Å². The Bertz CT molecular complexity index is 1650. The van der Waals surface area contributed by atoms with Gasteiger partial charge in [-0.05, 0) is 79.1 Å². The van der Waals surface area contributed by atoms with E-state index in [-0.39, 0.29) is 29.0 Å². The van der Waals surface area contributed by atoms with E-state index >= 15 is 0 Å². The molecule has 0 unspecified atom stereocenters. The Morgan fingerprint density at radius 3 is 1.89 bits per heavy atom. The Labute approximate surface area is 265 Å². The molecule has 0 aliphatic rings. The van der Waals surface area contributed by atoms with E-state index in [2.05, 4.69) is 5.32 Å². The van der Waals surface area contributed by atoms with Crippen LogP contribution in [-0.2, 0) is 26.2 Å². The normalized spacial score (nSPS) is 11.8. The topological polar surface area (TPSA) is 105 Å². The molecule has 0 saturated carbocycles. The molecule has 236 valence electrons. The van der Waals surface area contributed by atoms with Gasteiger partial charge in [-0.15, -0.1) is 0 Å². The molecule has 0 fully saturated rings. The van der Waals surface area contributed by atoms with Crippen LogP contribution < -0.4 is 19.1 Å². The summed E-state index contributed by atoms with van der Waals surface area (Å²) in [5.41, 5.74) is 1.03. The predicted molar refractivity (Wildman–Crippen MR) is 175 cm³/mol. The summed E-state index contributed by atoms with van der Waals surface area (Å²) in [6.45, 7) is 5.60. The van der Waals surface area contributed by atoms with Crippen LogP contribution in [0.3, 0.4) is 0 Å². The molecule has 0 saturated heterocycles. The molecule has 1 N–H and O–H groups in total. The van der Waals surface area contributed by atoms with E-state index < -0.39 is 28.5 Å². The summed E-state index contributed by atoms with van der Waals surface area (Å²) in [5, 5.41) is 2.89. The molecule has 4 aromatic rings. The molecule has 0 spiro atoms. The third-order valence-corrected chi connectivity index (χ3v) is 8.87. The van der Waals surface area contributed by atoms with E-state index in [0.717, 1.165) is 9.87 Å². The van der Waals surface area contributed by atoms with Gasteiger partial charge in [0.05, 0.1) is 17.7 Å². The summed E-state index contributed by atoms with van der Waals surface area (Å²) >= 11 is 0. The Kier molecular flexibility index (Phi) is 11.2. The number of anilines is 1. The largest absolute Gasteiger partial charge is 0.497 e. The predicted octanol–water partition coefficient (Wildman–Crippen LogP) is 5.87. The molecule has 9 nitrogen and oxygen atoms in total. The molecule has 2 amide bonds. The summed E-state index contributed by atoms with van der Waals surface area (Å²) < 4.78 is 40.2. The molecule has 45 heavy (non-hydrogen) atoms. The van der Waals surface area contributed by atoms with Crippen molar-refractivity contribution in [2.24, 2.45) is 5.92 Å². The quantitative estimate of drug-likeness (QED) is 0.187. The standard InChI is InChI=1S/C35H39N3O6S/c1-26(2)23-36-35(40)27(3)37(24-28-15-19-30(43-4)20-16-28)34(39)25-38(45(41,42)33-13-9-6-10-14-33)29-17-21-32(22-18-29)44-31-11-7-5-8-12-31/h5-22,26-27H,23-25H2,1-4H3,(H,36,40)/t27-/m1/s1. The number of rotatable bonds is 14. The second-order valence-corrected chi connectivity index (χ2v) is 12.8. The highest BCUT2D eigenvalue weighted by Gasteiger charge is 2.32. The monoisotopic (exact) mass is 629 g/mol. The first kappa shape index (κ1) is 33.1. The summed E-state index contributed by atoms with van der Waals surface area (Å²) in [6, 6.07) is 29.9. The van der Waals surface area contributed by atoms with E-state index in [4.69, 9.17) is 9.47 Å². The first-order chi connectivity index (χ1) is 21.6. The summed E-state index contributed by atoms with van der Waals surface area (Å²) in [4.78, 5) is 28.7. The number of carbonyl (C=O) groups excluding carboxylic acids is 2. The summed E-state index contributed by atoms with van der Waals surface area (Å²) in [5.74, 6) is 1.14. The number of sulfonamides is 1. The molecule has 0 heterocycles. The van der Waals surface area contributed by atoms with Gasteiger partial charge in [0.1, 0.15) is 29.8 Å².